The zero-order valence-corrected chi connectivity index (χ0v) is 11.3. The molecule has 4 rings (SSSR count). The summed E-state index contributed by atoms with van der Waals surface area (Å²) in [6.07, 6.45) is 6.93. The van der Waals surface area contributed by atoms with E-state index in [2.05, 4.69) is 20.0 Å². The van der Waals surface area contributed by atoms with E-state index in [0.717, 1.165) is 31.7 Å². The molecule has 104 valence electrons. The number of fused-ring (bicyclic) bond motifs is 2. The van der Waals surface area contributed by atoms with Crippen LogP contribution in [0.2, 0.25) is 0 Å². The third kappa shape index (κ3) is 1.71. The molecule has 1 aliphatic heterocycles. The Kier molecular flexibility index (Phi) is 2.70. The lowest BCUT2D eigenvalue weighted by atomic mass is 10.2. The van der Waals surface area contributed by atoms with Gasteiger partial charge in [-0.15, -0.1) is 0 Å². The first-order valence-electron chi connectivity index (χ1n) is 7.09. The van der Waals surface area contributed by atoms with Crippen LogP contribution in [0.15, 0.2) is 12.5 Å². The Balaban J connectivity index is 1.65. The fraction of sp³-hybridized carbons (Fsp3) is 0.500. The van der Waals surface area contributed by atoms with Gasteiger partial charge in [-0.3, -0.25) is 4.68 Å². The van der Waals surface area contributed by atoms with E-state index in [4.69, 9.17) is 5.11 Å². The molecule has 20 heavy (non-hydrogen) atoms. The first-order valence-corrected chi connectivity index (χ1v) is 7.09. The van der Waals surface area contributed by atoms with Crippen molar-refractivity contribution in [3.05, 3.63) is 35.0 Å². The van der Waals surface area contributed by atoms with Gasteiger partial charge in [0, 0.05) is 23.4 Å². The minimum absolute atomic E-state index is 0.122. The summed E-state index contributed by atoms with van der Waals surface area (Å²) in [5.41, 5.74) is 4.97. The van der Waals surface area contributed by atoms with Crippen molar-refractivity contribution >= 4 is 5.82 Å². The van der Waals surface area contributed by atoms with Gasteiger partial charge in [0.15, 0.2) is 0 Å². The average molecular weight is 271 g/mol. The Morgan fingerprint density at radius 2 is 2.15 bits per heavy atom. The first kappa shape index (κ1) is 11.8. The van der Waals surface area contributed by atoms with E-state index in [9.17, 15) is 0 Å². The lowest BCUT2D eigenvalue weighted by Gasteiger charge is -2.19. The standard InChI is InChI=1S/C14H17N5O/c20-5-4-19-13-8-18(7-10(13)6-17-19)14-11-2-1-3-12(11)15-9-16-14/h6,9,20H,1-5,7-8H2. The van der Waals surface area contributed by atoms with Crippen LogP contribution in [-0.2, 0) is 32.5 Å². The van der Waals surface area contributed by atoms with E-state index >= 15 is 0 Å². The molecule has 0 radical (unpaired) electrons. The second-order valence-corrected chi connectivity index (χ2v) is 5.40. The molecule has 6 heteroatoms. The molecule has 0 aromatic carbocycles. The predicted octanol–water partition coefficient (Wildman–Crippen LogP) is 0.674. The maximum Gasteiger partial charge on any atom is 0.136 e. The molecule has 2 aromatic rings. The molecule has 0 amide bonds. The zero-order chi connectivity index (χ0) is 13.5. The summed E-state index contributed by atoms with van der Waals surface area (Å²) in [5, 5.41) is 13.4. The van der Waals surface area contributed by atoms with Crippen molar-refractivity contribution in [1.29, 1.82) is 0 Å². The Morgan fingerprint density at radius 3 is 3.05 bits per heavy atom. The summed E-state index contributed by atoms with van der Waals surface area (Å²) in [4.78, 5) is 11.2. The first-order chi connectivity index (χ1) is 9.86. The van der Waals surface area contributed by atoms with E-state index in [1.807, 2.05) is 10.9 Å². The van der Waals surface area contributed by atoms with Gasteiger partial charge < -0.3 is 10.0 Å². The second-order valence-electron chi connectivity index (χ2n) is 5.40. The number of hydrogen-bond donors (Lipinski definition) is 1. The Hall–Kier alpha value is -1.95. The molecule has 1 N–H and O–H groups in total. The molecule has 0 spiro atoms. The molecule has 0 saturated heterocycles. The number of rotatable bonds is 3. The molecule has 0 fully saturated rings. The molecule has 0 bridgehead atoms. The number of anilines is 1. The van der Waals surface area contributed by atoms with E-state index in [1.165, 1.54) is 28.9 Å². The molecule has 0 atom stereocenters. The molecular formula is C14H17N5O. The number of hydrogen-bond acceptors (Lipinski definition) is 5. The van der Waals surface area contributed by atoms with Gasteiger partial charge in [-0.05, 0) is 19.3 Å². The SMILES string of the molecule is OCCn1ncc2c1CN(c1ncnc3c1CCC3)C2. The molecular weight excluding hydrogens is 254 g/mol. The van der Waals surface area contributed by atoms with Gasteiger partial charge in [0.05, 0.1) is 31.6 Å². The predicted molar refractivity (Wildman–Crippen MR) is 73.3 cm³/mol. The van der Waals surface area contributed by atoms with Crippen LogP contribution in [-0.4, -0.2) is 31.5 Å². The van der Waals surface area contributed by atoms with E-state index in [-0.39, 0.29) is 6.61 Å². The number of aliphatic hydroxyl groups excluding tert-OH is 1. The quantitative estimate of drug-likeness (QED) is 0.889. The third-order valence-electron chi connectivity index (χ3n) is 4.20. The lowest BCUT2D eigenvalue weighted by molar-refractivity contribution is 0.267. The Bertz CT molecular complexity index is 651. The topological polar surface area (TPSA) is 67.1 Å². The van der Waals surface area contributed by atoms with Crippen molar-refractivity contribution in [2.75, 3.05) is 11.5 Å². The van der Waals surface area contributed by atoms with Crippen molar-refractivity contribution in [3.8, 4) is 0 Å². The zero-order valence-electron chi connectivity index (χ0n) is 11.3. The number of aliphatic hydroxyl groups is 1. The van der Waals surface area contributed by atoms with Crippen LogP contribution in [0.1, 0.15) is 28.9 Å². The number of aromatic nitrogens is 4. The number of nitrogens with zero attached hydrogens (tertiary/aromatic N) is 5. The van der Waals surface area contributed by atoms with Gasteiger partial charge in [0.2, 0.25) is 0 Å². The molecule has 6 nitrogen and oxygen atoms in total. The van der Waals surface area contributed by atoms with Crippen molar-refractivity contribution in [2.45, 2.75) is 38.9 Å². The highest BCUT2D eigenvalue weighted by Crippen LogP contribution is 2.33. The van der Waals surface area contributed by atoms with Crippen LogP contribution in [0.25, 0.3) is 0 Å². The Morgan fingerprint density at radius 1 is 1.20 bits per heavy atom. The summed E-state index contributed by atoms with van der Waals surface area (Å²) in [6.45, 7) is 2.35. The van der Waals surface area contributed by atoms with Crippen molar-refractivity contribution in [1.82, 2.24) is 19.7 Å². The molecule has 0 saturated carbocycles. The molecule has 2 aliphatic rings. The van der Waals surface area contributed by atoms with Crippen LogP contribution in [0.4, 0.5) is 5.82 Å². The monoisotopic (exact) mass is 271 g/mol. The maximum absolute atomic E-state index is 9.08. The number of aryl methyl sites for hydroxylation is 1. The van der Waals surface area contributed by atoms with Crippen LogP contribution >= 0.6 is 0 Å². The summed E-state index contributed by atoms with van der Waals surface area (Å²) in [5.74, 6) is 1.08. The van der Waals surface area contributed by atoms with Crippen LogP contribution in [0.3, 0.4) is 0 Å². The molecule has 3 heterocycles. The van der Waals surface area contributed by atoms with Gasteiger partial charge in [0.25, 0.3) is 0 Å². The highest BCUT2D eigenvalue weighted by Gasteiger charge is 2.28. The average Bonchev–Trinajstić information content (AvgIpc) is 3.14. The minimum Gasteiger partial charge on any atom is -0.394 e. The van der Waals surface area contributed by atoms with Crippen LogP contribution in [0.5, 0.6) is 0 Å². The van der Waals surface area contributed by atoms with Gasteiger partial charge in [-0.25, -0.2) is 9.97 Å². The highest BCUT2D eigenvalue weighted by atomic mass is 16.3. The van der Waals surface area contributed by atoms with Crippen LogP contribution < -0.4 is 4.90 Å². The van der Waals surface area contributed by atoms with Crippen molar-refractivity contribution < 1.29 is 5.11 Å². The van der Waals surface area contributed by atoms with Crippen molar-refractivity contribution in [2.24, 2.45) is 0 Å². The largest absolute Gasteiger partial charge is 0.394 e. The van der Waals surface area contributed by atoms with Gasteiger partial charge in [-0.2, -0.15) is 5.10 Å². The third-order valence-corrected chi connectivity index (χ3v) is 4.20. The summed E-state index contributed by atoms with van der Waals surface area (Å²) in [7, 11) is 0. The summed E-state index contributed by atoms with van der Waals surface area (Å²) in [6, 6.07) is 0. The molecule has 2 aromatic heterocycles. The minimum atomic E-state index is 0.122. The normalized spacial score (nSPS) is 16.6. The fourth-order valence-electron chi connectivity index (χ4n) is 3.26. The van der Waals surface area contributed by atoms with Gasteiger partial charge in [0.1, 0.15) is 12.1 Å². The molecule has 1 aliphatic carbocycles. The second kappa shape index (κ2) is 4.56. The van der Waals surface area contributed by atoms with Crippen molar-refractivity contribution in [3.63, 3.8) is 0 Å². The molecule has 0 unspecified atom stereocenters. The van der Waals surface area contributed by atoms with E-state index in [1.54, 1.807) is 6.33 Å². The summed E-state index contributed by atoms with van der Waals surface area (Å²) >= 11 is 0. The lowest BCUT2D eigenvalue weighted by Crippen LogP contribution is -2.20. The van der Waals surface area contributed by atoms with Crippen LogP contribution in [0, 0.1) is 0 Å². The highest BCUT2D eigenvalue weighted by molar-refractivity contribution is 5.53. The van der Waals surface area contributed by atoms with Gasteiger partial charge >= 0.3 is 0 Å². The van der Waals surface area contributed by atoms with E-state index in [0.29, 0.717) is 6.54 Å². The smallest absolute Gasteiger partial charge is 0.136 e. The van der Waals surface area contributed by atoms with E-state index < -0.39 is 0 Å². The Labute approximate surface area is 117 Å². The fourth-order valence-corrected chi connectivity index (χ4v) is 3.26. The maximum atomic E-state index is 9.08. The van der Waals surface area contributed by atoms with Gasteiger partial charge in [-0.1, -0.05) is 0 Å². The summed E-state index contributed by atoms with van der Waals surface area (Å²) < 4.78 is 1.90.